The molecule has 1 aromatic heterocycles. The Hall–Kier alpha value is -1.81. The van der Waals surface area contributed by atoms with Crippen LogP contribution in [0.1, 0.15) is 24.2 Å². The summed E-state index contributed by atoms with van der Waals surface area (Å²) in [5, 5.41) is 0. The van der Waals surface area contributed by atoms with Crippen LogP contribution in [0.25, 0.3) is 0 Å². The fourth-order valence-electron chi connectivity index (χ4n) is 2.59. The van der Waals surface area contributed by atoms with E-state index in [-0.39, 0.29) is 0 Å². The maximum atomic E-state index is 5.66. The highest BCUT2D eigenvalue weighted by molar-refractivity contribution is 5.49. The van der Waals surface area contributed by atoms with Gasteiger partial charge in [-0.2, -0.15) is 0 Å². The van der Waals surface area contributed by atoms with Gasteiger partial charge in [-0.3, -0.25) is 0 Å². The summed E-state index contributed by atoms with van der Waals surface area (Å²) >= 11 is 0. The van der Waals surface area contributed by atoms with Gasteiger partial charge in [0.25, 0.3) is 0 Å². The second-order valence-corrected chi connectivity index (χ2v) is 5.46. The van der Waals surface area contributed by atoms with E-state index in [1.165, 1.54) is 24.1 Å². The van der Waals surface area contributed by atoms with Crippen LogP contribution in [0.15, 0.2) is 36.7 Å². The molecule has 2 aromatic rings. The van der Waals surface area contributed by atoms with Crippen molar-refractivity contribution in [1.29, 1.82) is 0 Å². The molecule has 1 heterocycles. The minimum absolute atomic E-state index is 0.609. The summed E-state index contributed by atoms with van der Waals surface area (Å²) < 4.78 is 2.21. The SMILES string of the molecule is Cc1nccn1CCN(c1ccc(CN)cc1)C1CC1. The van der Waals surface area contributed by atoms with Gasteiger partial charge in [0.1, 0.15) is 5.82 Å². The first-order valence-electron chi connectivity index (χ1n) is 7.31. The number of aromatic nitrogens is 2. The van der Waals surface area contributed by atoms with Crippen LogP contribution in [-0.4, -0.2) is 22.1 Å². The highest BCUT2D eigenvalue weighted by atomic mass is 15.2. The van der Waals surface area contributed by atoms with Crippen molar-refractivity contribution in [1.82, 2.24) is 9.55 Å². The fourth-order valence-corrected chi connectivity index (χ4v) is 2.59. The maximum absolute atomic E-state index is 5.66. The molecule has 0 unspecified atom stereocenters. The fraction of sp³-hybridized carbons (Fsp3) is 0.438. The summed E-state index contributed by atoms with van der Waals surface area (Å²) in [5.74, 6) is 1.08. The number of nitrogens with two attached hydrogens (primary N) is 1. The average Bonchev–Trinajstić information content (AvgIpc) is 3.23. The van der Waals surface area contributed by atoms with Crippen LogP contribution in [0.4, 0.5) is 5.69 Å². The number of rotatable bonds is 6. The van der Waals surface area contributed by atoms with E-state index in [9.17, 15) is 0 Å². The molecule has 1 aliphatic rings. The molecule has 106 valence electrons. The Morgan fingerprint density at radius 1 is 1.30 bits per heavy atom. The van der Waals surface area contributed by atoms with Gasteiger partial charge in [0.05, 0.1) is 0 Å². The molecule has 1 aliphatic carbocycles. The molecule has 20 heavy (non-hydrogen) atoms. The molecule has 0 aliphatic heterocycles. The summed E-state index contributed by atoms with van der Waals surface area (Å²) in [6, 6.07) is 9.37. The summed E-state index contributed by atoms with van der Waals surface area (Å²) in [6.07, 6.45) is 6.54. The van der Waals surface area contributed by atoms with Gasteiger partial charge in [-0.05, 0) is 37.5 Å². The molecule has 0 bridgehead atoms. The molecule has 0 radical (unpaired) electrons. The Morgan fingerprint density at radius 2 is 2.05 bits per heavy atom. The van der Waals surface area contributed by atoms with Crippen molar-refractivity contribution in [3.8, 4) is 0 Å². The highest BCUT2D eigenvalue weighted by Crippen LogP contribution is 2.31. The number of anilines is 1. The van der Waals surface area contributed by atoms with Crippen molar-refractivity contribution >= 4 is 5.69 Å². The number of hydrogen-bond donors (Lipinski definition) is 1. The van der Waals surface area contributed by atoms with Gasteiger partial charge in [-0.1, -0.05) is 12.1 Å². The number of aryl methyl sites for hydroxylation is 1. The summed E-state index contributed by atoms with van der Waals surface area (Å²) in [6.45, 7) is 4.68. The molecular formula is C16H22N4. The van der Waals surface area contributed by atoms with Gasteiger partial charge in [0.2, 0.25) is 0 Å². The molecular weight excluding hydrogens is 248 g/mol. The van der Waals surface area contributed by atoms with Gasteiger partial charge in [-0.25, -0.2) is 4.98 Å². The second kappa shape index (κ2) is 5.67. The van der Waals surface area contributed by atoms with Gasteiger partial charge in [0, 0.05) is 43.8 Å². The normalized spacial score (nSPS) is 14.5. The zero-order chi connectivity index (χ0) is 13.9. The van der Waals surface area contributed by atoms with Crippen molar-refractivity contribution in [3.05, 3.63) is 48.0 Å². The van der Waals surface area contributed by atoms with Crippen molar-refractivity contribution in [3.63, 3.8) is 0 Å². The Labute approximate surface area is 120 Å². The Balaban J connectivity index is 1.70. The lowest BCUT2D eigenvalue weighted by Gasteiger charge is -2.25. The van der Waals surface area contributed by atoms with Crippen molar-refractivity contribution in [2.45, 2.75) is 38.9 Å². The van der Waals surface area contributed by atoms with Crippen LogP contribution in [0.3, 0.4) is 0 Å². The van der Waals surface area contributed by atoms with E-state index in [1.807, 2.05) is 6.20 Å². The van der Waals surface area contributed by atoms with E-state index < -0.39 is 0 Å². The molecule has 0 saturated heterocycles. The highest BCUT2D eigenvalue weighted by Gasteiger charge is 2.28. The van der Waals surface area contributed by atoms with E-state index in [4.69, 9.17) is 5.73 Å². The molecule has 0 atom stereocenters. The molecule has 1 fully saturated rings. The molecule has 1 aromatic carbocycles. The van der Waals surface area contributed by atoms with E-state index in [0.717, 1.165) is 18.9 Å². The van der Waals surface area contributed by atoms with Crippen molar-refractivity contribution in [2.24, 2.45) is 5.73 Å². The summed E-state index contributed by atoms with van der Waals surface area (Å²) in [4.78, 5) is 6.79. The third-order valence-corrected chi connectivity index (χ3v) is 4.00. The maximum Gasteiger partial charge on any atom is 0.105 e. The minimum atomic E-state index is 0.609. The lowest BCUT2D eigenvalue weighted by Crippen LogP contribution is -2.29. The monoisotopic (exact) mass is 270 g/mol. The van der Waals surface area contributed by atoms with Gasteiger partial charge in [-0.15, -0.1) is 0 Å². The Morgan fingerprint density at radius 3 is 2.60 bits per heavy atom. The summed E-state index contributed by atoms with van der Waals surface area (Å²) in [5.41, 5.74) is 8.16. The van der Waals surface area contributed by atoms with Crippen LogP contribution in [0.2, 0.25) is 0 Å². The van der Waals surface area contributed by atoms with E-state index >= 15 is 0 Å². The zero-order valence-electron chi connectivity index (χ0n) is 12.0. The van der Waals surface area contributed by atoms with Crippen molar-refractivity contribution < 1.29 is 0 Å². The quantitative estimate of drug-likeness (QED) is 0.876. The zero-order valence-corrected chi connectivity index (χ0v) is 12.0. The van der Waals surface area contributed by atoms with Crippen LogP contribution < -0.4 is 10.6 Å². The molecule has 2 N–H and O–H groups in total. The predicted molar refractivity (Wildman–Crippen MR) is 81.7 cm³/mol. The number of nitrogens with zero attached hydrogens (tertiary/aromatic N) is 3. The van der Waals surface area contributed by atoms with Crippen LogP contribution in [0.5, 0.6) is 0 Å². The van der Waals surface area contributed by atoms with E-state index in [0.29, 0.717) is 12.6 Å². The third-order valence-electron chi connectivity index (χ3n) is 4.00. The second-order valence-electron chi connectivity index (χ2n) is 5.46. The average molecular weight is 270 g/mol. The van der Waals surface area contributed by atoms with E-state index in [2.05, 4.69) is 51.8 Å². The topological polar surface area (TPSA) is 47.1 Å². The largest absolute Gasteiger partial charge is 0.367 e. The number of imidazole rings is 1. The molecule has 0 spiro atoms. The van der Waals surface area contributed by atoms with Crippen molar-refractivity contribution in [2.75, 3.05) is 11.4 Å². The Bertz CT molecular complexity index is 554. The predicted octanol–water partition coefficient (Wildman–Crippen LogP) is 2.32. The smallest absolute Gasteiger partial charge is 0.105 e. The Kier molecular flexibility index (Phi) is 3.74. The van der Waals surface area contributed by atoms with Gasteiger partial charge in [0.15, 0.2) is 0 Å². The third kappa shape index (κ3) is 2.85. The first-order valence-corrected chi connectivity index (χ1v) is 7.31. The molecule has 1 saturated carbocycles. The van der Waals surface area contributed by atoms with Crippen LogP contribution >= 0.6 is 0 Å². The number of benzene rings is 1. The first-order chi connectivity index (χ1) is 9.78. The van der Waals surface area contributed by atoms with E-state index in [1.54, 1.807) is 0 Å². The lowest BCUT2D eigenvalue weighted by molar-refractivity contribution is 0.637. The van der Waals surface area contributed by atoms with Crippen LogP contribution in [-0.2, 0) is 13.1 Å². The van der Waals surface area contributed by atoms with Gasteiger partial charge >= 0.3 is 0 Å². The van der Waals surface area contributed by atoms with Gasteiger partial charge < -0.3 is 15.2 Å². The minimum Gasteiger partial charge on any atom is -0.367 e. The standard InChI is InChI=1S/C16H22N4/c1-13-18-8-9-19(13)10-11-20(16-6-7-16)15-4-2-14(12-17)3-5-15/h2-5,8-9,16H,6-7,10-12,17H2,1H3. The lowest BCUT2D eigenvalue weighted by atomic mass is 10.2. The molecule has 4 heteroatoms. The van der Waals surface area contributed by atoms with Crippen LogP contribution in [0, 0.1) is 6.92 Å². The first kappa shape index (κ1) is 13.2. The molecule has 3 rings (SSSR count). The molecule has 4 nitrogen and oxygen atoms in total. The molecule has 0 amide bonds. The summed E-state index contributed by atoms with van der Waals surface area (Å²) in [7, 11) is 0. The number of hydrogen-bond acceptors (Lipinski definition) is 3.